The summed E-state index contributed by atoms with van der Waals surface area (Å²) in [6.07, 6.45) is 5.47. The number of aryl methyl sites for hydroxylation is 1. The SMILES string of the molecule is CCC[C@H]1CCCN(C(=O)c2sc(C)cc2OC(F)F)CC1. The molecule has 2 heterocycles. The molecule has 0 unspecified atom stereocenters. The van der Waals surface area contributed by atoms with Crippen LogP contribution in [0.3, 0.4) is 0 Å². The fourth-order valence-corrected chi connectivity index (χ4v) is 3.94. The molecule has 1 fully saturated rings. The smallest absolute Gasteiger partial charge is 0.387 e. The number of carbonyl (C=O) groups excluding carboxylic acids is 1. The monoisotopic (exact) mass is 331 g/mol. The average molecular weight is 331 g/mol. The zero-order valence-electron chi connectivity index (χ0n) is 13.1. The Kier molecular flexibility index (Phi) is 6.17. The Hall–Kier alpha value is -1.17. The summed E-state index contributed by atoms with van der Waals surface area (Å²) in [7, 11) is 0. The van der Waals surface area contributed by atoms with E-state index in [0.29, 0.717) is 23.9 Å². The van der Waals surface area contributed by atoms with E-state index < -0.39 is 6.61 Å². The molecule has 0 bridgehead atoms. The van der Waals surface area contributed by atoms with E-state index in [9.17, 15) is 13.6 Å². The molecule has 1 amide bonds. The first kappa shape index (κ1) is 17.2. The highest BCUT2D eigenvalue weighted by Crippen LogP contribution is 2.32. The summed E-state index contributed by atoms with van der Waals surface area (Å²) in [5.74, 6) is 0.507. The molecule has 2 rings (SSSR count). The van der Waals surface area contributed by atoms with Crippen LogP contribution in [-0.4, -0.2) is 30.5 Å². The fourth-order valence-electron chi connectivity index (χ4n) is 3.03. The largest absolute Gasteiger partial charge is 0.433 e. The summed E-state index contributed by atoms with van der Waals surface area (Å²) in [6, 6.07) is 1.52. The van der Waals surface area contributed by atoms with Crippen molar-refractivity contribution in [2.75, 3.05) is 13.1 Å². The van der Waals surface area contributed by atoms with Gasteiger partial charge in [0, 0.05) is 18.0 Å². The van der Waals surface area contributed by atoms with Gasteiger partial charge in [0.1, 0.15) is 10.6 Å². The zero-order valence-corrected chi connectivity index (χ0v) is 13.9. The lowest BCUT2D eigenvalue weighted by Crippen LogP contribution is -2.31. The number of alkyl halides is 2. The highest BCUT2D eigenvalue weighted by Gasteiger charge is 2.26. The molecule has 1 atom stereocenters. The van der Waals surface area contributed by atoms with E-state index in [1.54, 1.807) is 11.8 Å². The van der Waals surface area contributed by atoms with Crippen molar-refractivity contribution in [1.82, 2.24) is 4.90 Å². The topological polar surface area (TPSA) is 29.5 Å². The summed E-state index contributed by atoms with van der Waals surface area (Å²) in [6.45, 7) is 2.47. The van der Waals surface area contributed by atoms with Gasteiger partial charge in [0.2, 0.25) is 0 Å². The summed E-state index contributed by atoms with van der Waals surface area (Å²) in [5, 5.41) is 0. The van der Waals surface area contributed by atoms with E-state index >= 15 is 0 Å². The van der Waals surface area contributed by atoms with Gasteiger partial charge in [-0.1, -0.05) is 19.8 Å². The lowest BCUT2D eigenvalue weighted by Gasteiger charge is -2.20. The van der Waals surface area contributed by atoms with Crippen LogP contribution < -0.4 is 4.74 Å². The molecule has 0 aromatic carbocycles. The van der Waals surface area contributed by atoms with Gasteiger partial charge in [0.15, 0.2) is 0 Å². The summed E-state index contributed by atoms with van der Waals surface area (Å²) < 4.78 is 29.4. The first-order chi connectivity index (χ1) is 10.5. The van der Waals surface area contributed by atoms with Gasteiger partial charge in [0.25, 0.3) is 5.91 Å². The quantitative estimate of drug-likeness (QED) is 0.782. The minimum Gasteiger partial charge on any atom is -0.433 e. The molecule has 0 N–H and O–H groups in total. The lowest BCUT2D eigenvalue weighted by molar-refractivity contribution is -0.0499. The molecule has 1 aliphatic heterocycles. The third kappa shape index (κ3) is 4.41. The van der Waals surface area contributed by atoms with Crippen molar-refractivity contribution in [3.63, 3.8) is 0 Å². The minimum atomic E-state index is -2.90. The van der Waals surface area contributed by atoms with Crippen LogP contribution in [0.1, 0.15) is 53.6 Å². The van der Waals surface area contributed by atoms with E-state index in [1.807, 2.05) is 0 Å². The minimum absolute atomic E-state index is 0.0110. The van der Waals surface area contributed by atoms with Crippen molar-refractivity contribution in [1.29, 1.82) is 0 Å². The third-order valence-corrected chi connectivity index (χ3v) is 5.08. The van der Waals surface area contributed by atoms with Crippen LogP contribution in [0.15, 0.2) is 6.07 Å². The van der Waals surface area contributed by atoms with Gasteiger partial charge in [-0.15, -0.1) is 11.3 Å². The zero-order chi connectivity index (χ0) is 16.1. The number of rotatable bonds is 5. The Morgan fingerprint density at radius 2 is 2.23 bits per heavy atom. The Balaban J connectivity index is 2.08. The van der Waals surface area contributed by atoms with E-state index in [4.69, 9.17) is 0 Å². The molecule has 124 valence electrons. The molecule has 0 saturated carbocycles. The number of carbonyl (C=O) groups is 1. The van der Waals surface area contributed by atoms with Crippen molar-refractivity contribution in [2.24, 2.45) is 5.92 Å². The second-order valence-electron chi connectivity index (χ2n) is 5.81. The van der Waals surface area contributed by atoms with Crippen molar-refractivity contribution in [3.8, 4) is 5.75 Å². The van der Waals surface area contributed by atoms with Crippen LogP contribution in [0, 0.1) is 12.8 Å². The van der Waals surface area contributed by atoms with E-state index in [0.717, 1.165) is 30.6 Å². The molecular weight excluding hydrogens is 308 g/mol. The second-order valence-corrected chi connectivity index (χ2v) is 7.06. The summed E-state index contributed by atoms with van der Waals surface area (Å²) in [5.41, 5.74) is 0. The number of thiophene rings is 1. The van der Waals surface area contributed by atoms with Crippen molar-refractivity contribution < 1.29 is 18.3 Å². The highest BCUT2D eigenvalue weighted by molar-refractivity contribution is 7.14. The molecule has 0 radical (unpaired) electrons. The van der Waals surface area contributed by atoms with Crippen LogP contribution in [0.5, 0.6) is 5.75 Å². The normalized spacial score (nSPS) is 19.3. The highest BCUT2D eigenvalue weighted by atomic mass is 32.1. The first-order valence-electron chi connectivity index (χ1n) is 7.85. The maximum absolute atomic E-state index is 12.6. The van der Waals surface area contributed by atoms with Crippen LogP contribution in [0.4, 0.5) is 8.78 Å². The predicted molar refractivity (Wildman–Crippen MR) is 83.8 cm³/mol. The molecule has 0 aliphatic carbocycles. The van der Waals surface area contributed by atoms with Gasteiger partial charge in [-0.05, 0) is 38.2 Å². The van der Waals surface area contributed by atoms with Crippen molar-refractivity contribution >= 4 is 17.2 Å². The van der Waals surface area contributed by atoms with Gasteiger partial charge < -0.3 is 9.64 Å². The molecule has 3 nitrogen and oxygen atoms in total. The maximum atomic E-state index is 12.6. The number of hydrogen-bond donors (Lipinski definition) is 0. The number of hydrogen-bond acceptors (Lipinski definition) is 3. The Bertz CT molecular complexity index is 504. The number of amides is 1. The van der Waals surface area contributed by atoms with E-state index in [2.05, 4.69) is 11.7 Å². The van der Waals surface area contributed by atoms with Crippen LogP contribution in [0.2, 0.25) is 0 Å². The Labute approximate surface area is 134 Å². The number of likely N-dealkylation sites (tertiary alicyclic amines) is 1. The third-order valence-electron chi connectivity index (χ3n) is 4.06. The van der Waals surface area contributed by atoms with Crippen molar-refractivity contribution in [2.45, 2.75) is 52.6 Å². The molecule has 1 aromatic heterocycles. The summed E-state index contributed by atoms with van der Waals surface area (Å²) in [4.78, 5) is 15.5. The maximum Gasteiger partial charge on any atom is 0.387 e. The standard InChI is InChI=1S/C16H23F2NO2S/c1-3-5-12-6-4-8-19(9-7-12)15(20)14-13(21-16(17)18)10-11(2)22-14/h10,12,16H,3-9H2,1-2H3/t12-/m0/s1. The van der Waals surface area contributed by atoms with Gasteiger partial charge in [0.05, 0.1) is 0 Å². The van der Waals surface area contributed by atoms with Gasteiger partial charge in [-0.2, -0.15) is 8.78 Å². The lowest BCUT2D eigenvalue weighted by atomic mass is 9.96. The molecule has 1 aromatic rings. The Morgan fingerprint density at radius 3 is 2.91 bits per heavy atom. The predicted octanol–water partition coefficient (Wildman–Crippen LogP) is 4.70. The number of ether oxygens (including phenoxy) is 1. The molecule has 6 heteroatoms. The van der Waals surface area contributed by atoms with Gasteiger partial charge in [-0.3, -0.25) is 4.79 Å². The van der Waals surface area contributed by atoms with E-state index in [-0.39, 0.29) is 11.7 Å². The second kappa shape index (κ2) is 7.90. The average Bonchev–Trinajstić information content (AvgIpc) is 2.67. The van der Waals surface area contributed by atoms with E-state index in [1.165, 1.54) is 23.8 Å². The molecule has 22 heavy (non-hydrogen) atoms. The first-order valence-corrected chi connectivity index (χ1v) is 8.67. The van der Waals surface area contributed by atoms with Crippen LogP contribution in [-0.2, 0) is 0 Å². The summed E-state index contributed by atoms with van der Waals surface area (Å²) >= 11 is 1.23. The number of halogens is 2. The number of nitrogens with zero attached hydrogens (tertiary/aromatic N) is 1. The van der Waals surface area contributed by atoms with Crippen molar-refractivity contribution in [3.05, 3.63) is 15.8 Å². The molecule has 1 aliphatic rings. The van der Waals surface area contributed by atoms with Gasteiger partial charge >= 0.3 is 6.61 Å². The molecule has 1 saturated heterocycles. The molecular formula is C16H23F2NO2S. The van der Waals surface area contributed by atoms with Crippen LogP contribution >= 0.6 is 11.3 Å². The Morgan fingerprint density at radius 1 is 1.45 bits per heavy atom. The molecule has 0 spiro atoms. The van der Waals surface area contributed by atoms with Gasteiger partial charge in [-0.25, -0.2) is 0 Å². The fraction of sp³-hybridized carbons (Fsp3) is 0.688. The van der Waals surface area contributed by atoms with Crippen LogP contribution in [0.25, 0.3) is 0 Å².